The highest BCUT2D eigenvalue weighted by atomic mass is 35.5. The third kappa shape index (κ3) is 5.37. The molecule has 0 atom stereocenters. The van der Waals surface area contributed by atoms with Crippen LogP contribution in [0.5, 0.6) is 0 Å². The van der Waals surface area contributed by atoms with E-state index < -0.39 is 10.0 Å². The Balaban J connectivity index is 1.57. The molecule has 0 unspecified atom stereocenters. The third-order valence-electron chi connectivity index (χ3n) is 3.68. The first-order chi connectivity index (χ1) is 13.8. The summed E-state index contributed by atoms with van der Waals surface area (Å²) in [5, 5.41) is 13.1. The van der Waals surface area contributed by atoms with Gasteiger partial charge in [-0.2, -0.15) is 0 Å². The van der Waals surface area contributed by atoms with E-state index in [1.807, 2.05) is 17.5 Å². The molecule has 0 aliphatic carbocycles. The first-order valence-corrected chi connectivity index (χ1v) is 12.0. The summed E-state index contributed by atoms with van der Waals surface area (Å²) < 4.78 is 31.1. The average molecular weight is 473 g/mol. The van der Waals surface area contributed by atoms with Crippen LogP contribution in [0.15, 0.2) is 50.2 Å². The molecule has 1 aromatic carbocycles. The van der Waals surface area contributed by atoms with Crippen LogP contribution in [0, 0.1) is 0 Å². The predicted molar refractivity (Wildman–Crippen MR) is 114 cm³/mol. The molecule has 29 heavy (non-hydrogen) atoms. The second kappa shape index (κ2) is 9.26. The molecule has 154 valence electrons. The molecule has 0 saturated heterocycles. The summed E-state index contributed by atoms with van der Waals surface area (Å²) in [6.07, 6.45) is 0.155. The van der Waals surface area contributed by atoms with E-state index >= 15 is 0 Å². The van der Waals surface area contributed by atoms with Gasteiger partial charge >= 0.3 is 0 Å². The standard InChI is InChI=1S/C17H17ClN4O4S3/c1-22(2)29(24,25)11-5-6-12(18)13(10-11)19-15(23)7-9-28-17-21-20-16(26-17)14-4-3-8-27-14/h3-6,8,10H,7,9H2,1-2H3,(H,19,23). The summed E-state index contributed by atoms with van der Waals surface area (Å²) >= 11 is 8.85. The number of halogens is 1. The number of rotatable bonds is 8. The van der Waals surface area contributed by atoms with Crippen molar-refractivity contribution in [2.45, 2.75) is 16.5 Å². The lowest BCUT2D eigenvalue weighted by atomic mass is 10.3. The van der Waals surface area contributed by atoms with Crippen molar-refractivity contribution < 1.29 is 17.6 Å². The van der Waals surface area contributed by atoms with Crippen molar-refractivity contribution in [3.8, 4) is 10.8 Å². The fourth-order valence-electron chi connectivity index (χ4n) is 2.18. The highest BCUT2D eigenvalue weighted by molar-refractivity contribution is 7.99. The maximum atomic E-state index is 12.2. The molecule has 1 N–H and O–H groups in total. The Labute approximate surface area is 181 Å². The monoisotopic (exact) mass is 472 g/mol. The van der Waals surface area contributed by atoms with E-state index in [1.165, 1.54) is 55.4 Å². The number of anilines is 1. The molecule has 12 heteroatoms. The van der Waals surface area contributed by atoms with Gasteiger partial charge in [0.2, 0.25) is 15.9 Å². The number of thioether (sulfide) groups is 1. The number of aromatic nitrogens is 2. The molecule has 2 heterocycles. The third-order valence-corrected chi connectivity index (χ3v) is 7.50. The Morgan fingerprint density at radius 2 is 2.10 bits per heavy atom. The van der Waals surface area contributed by atoms with E-state index in [4.69, 9.17) is 16.0 Å². The minimum Gasteiger partial charge on any atom is -0.410 e. The Morgan fingerprint density at radius 1 is 1.31 bits per heavy atom. The number of benzene rings is 1. The van der Waals surface area contributed by atoms with E-state index in [2.05, 4.69) is 15.5 Å². The molecule has 0 bridgehead atoms. The molecule has 3 rings (SSSR count). The topological polar surface area (TPSA) is 105 Å². The fourth-order valence-corrected chi connectivity index (χ4v) is 4.62. The first-order valence-electron chi connectivity index (χ1n) is 8.29. The molecule has 8 nitrogen and oxygen atoms in total. The lowest BCUT2D eigenvalue weighted by Gasteiger charge is -2.13. The quantitative estimate of drug-likeness (QED) is 0.496. The minimum atomic E-state index is -3.63. The van der Waals surface area contributed by atoms with Gasteiger partial charge in [0.1, 0.15) is 0 Å². The highest BCUT2D eigenvalue weighted by Crippen LogP contribution is 2.28. The zero-order chi connectivity index (χ0) is 21.0. The number of hydrogen-bond acceptors (Lipinski definition) is 8. The van der Waals surface area contributed by atoms with E-state index in [1.54, 1.807) is 0 Å². The number of nitrogens with zero attached hydrogens (tertiary/aromatic N) is 3. The van der Waals surface area contributed by atoms with Gasteiger partial charge in [0.15, 0.2) is 0 Å². The number of nitrogens with one attached hydrogen (secondary N) is 1. The molecule has 0 saturated carbocycles. The zero-order valence-corrected chi connectivity index (χ0v) is 18.7. The Hall–Kier alpha value is -1.92. The summed E-state index contributed by atoms with van der Waals surface area (Å²) in [7, 11) is -0.766. The van der Waals surface area contributed by atoms with Crippen LogP contribution in [0.2, 0.25) is 5.02 Å². The van der Waals surface area contributed by atoms with Crippen LogP contribution in [0.3, 0.4) is 0 Å². The predicted octanol–water partition coefficient (Wildman–Crippen LogP) is 3.82. The molecule has 0 aliphatic rings. The minimum absolute atomic E-state index is 0.0449. The van der Waals surface area contributed by atoms with Crippen molar-refractivity contribution in [2.24, 2.45) is 0 Å². The lowest BCUT2D eigenvalue weighted by molar-refractivity contribution is -0.115. The molecule has 0 fully saturated rings. The van der Waals surface area contributed by atoms with Crippen molar-refractivity contribution in [1.82, 2.24) is 14.5 Å². The van der Waals surface area contributed by atoms with E-state index in [0.29, 0.717) is 16.9 Å². The fraction of sp³-hybridized carbons (Fsp3) is 0.235. The Bertz CT molecular complexity index is 1100. The maximum absolute atomic E-state index is 12.2. The van der Waals surface area contributed by atoms with E-state index in [0.717, 1.165) is 9.18 Å². The summed E-state index contributed by atoms with van der Waals surface area (Å²) in [5.74, 6) is 0.542. The average Bonchev–Trinajstić information content (AvgIpc) is 3.34. The molecular weight excluding hydrogens is 456 g/mol. The van der Waals surface area contributed by atoms with Crippen molar-refractivity contribution in [2.75, 3.05) is 25.2 Å². The molecule has 1 amide bonds. The summed E-state index contributed by atoms with van der Waals surface area (Å²) in [5.41, 5.74) is 0.238. The summed E-state index contributed by atoms with van der Waals surface area (Å²) in [4.78, 5) is 13.2. The van der Waals surface area contributed by atoms with Gasteiger partial charge in [-0.3, -0.25) is 4.79 Å². The molecule has 3 aromatic rings. The summed E-state index contributed by atoms with van der Waals surface area (Å²) in [6.45, 7) is 0. The Morgan fingerprint density at radius 3 is 2.79 bits per heavy atom. The van der Waals surface area contributed by atoms with Crippen LogP contribution in [-0.2, 0) is 14.8 Å². The Kier molecular flexibility index (Phi) is 6.96. The van der Waals surface area contributed by atoms with Crippen LogP contribution in [0.4, 0.5) is 5.69 Å². The van der Waals surface area contributed by atoms with Gasteiger partial charge in [0, 0.05) is 26.3 Å². The summed E-state index contributed by atoms with van der Waals surface area (Å²) in [6, 6.07) is 7.95. The van der Waals surface area contributed by atoms with Gasteiger partial charge < -0.3 is 9.73 Å². The molecule has 0 spiro atoms. The molecule has 0 radical (unpaired) electrons. The van der Waals surface area contributed by atoms with Crippen LogP contribution < -0.4 is 5.32 Å². The first kappa shape index (κ1) is 21.8. The van der Waals surface area contributed by atoms with Crippen LogP contribution in [-0.4, -0.2) is 48.7 Å². The largest absolute Gasteiger partial charge is 0.410 e. The van der Waals surface area contributed by atoms with Gasteiger partial charge in [-0.15, -0.1) is 21.5 Å². The van der Waals surface area contributed by atoms with Crippen molar-refractivity contribution in [3.05, 3.63) is 40.7 Å². The SMILES string of the molecule is CN(C)S(=O)(=O)c1ccc(Cl)c(NC(=O)CCSc2nnc(-c3cccs3)o2)c1. The number of thiophene rings is 1. The number of sulfonamides is 1. The van der Waals surface area contributed by atoms with Crippen molar-refractivity contribution in [1.29, 1.82) is 0 Å². The number of carbonyl (C=O) groups excluding carboxylic acids is 1. The van der Waals surface area contributed by atoms with Gasteiger partial charge in [0.05, 0.1) is 20.5 Å². The van der Waals surface area contributed by atoms with Gasteiger partial charge in [-0.1, -0.05) is 29.4 Å². The van der Waals surface area contributed by atoms with E-state index in [9.17, 15) is 13.2 Å². The van der Waals surface area contributed by atoms with Crippen LogP contribution >= 0.6 is 34.7 Å². The molecular formula is C17H17ClN4O4S3. The van der Waals surface area contributed by atoms with Crippen molar-refractivity contribution >= 4 is 56.3 Å². The molecule has 2 aromatic heterocycles. The number of hydrogen-bond donors (Lipinski definition) is 1. The lowest BCUT2D eigenvalue weighted by Crippen LogP contribution is -2.22. The van der Waals surface area contributed by atoms with Gasteiger partial charge in [-0.05, 0) is 29.6 Å². The smallest absolute Gasteiger partial charge is 0.276 e. The molecule has 0 aliphatic heterocycles. The van der Waals surface area contributed by atoms with E-state index in [-0.39, 0.29) is 27.9 Å². The van der Waals surface area contributed by atoms with Gasteiger partial charge in [-0.25, -0.2) is 12.7 Å². The number of amides is 1. The second-order valence-corrected chi connectivity index (χ2v) is 10.5. The van der Waals surface area contributed by atoms with Crippen molar-refractivity contribution in [3.63, 3.8) is 0 Å². The van der Waals surface area contributed by atoms with Crippen LogP contribution in [0.25, 0.3) is 10.8 Å². The normalized spacial score (nSPS) is 11.7. The number of carbonyl (C=O) groups is 1. The maximum Gasteiger partial charge on any atom is 0.276 e. The zero-order valence-electron chi connectivity index (χ0n) is 15.5. The van der Waals surface area contributed by atoms with Crippen LogP contribution in [0.1, 0.15) is 6.42 Å². The van der Waals surface area contributed by atoms with Gasteiger partial charge in [0.25, 0.3) is 11.1 Å². The second-order valence-electron chi connectivity index (χ2n) is 5.93. The highest BCUT2D eigenvalue weighted by Gasteiger charge is 2.19.